The van der Waals surface area contributed by atoms with Crippen LogP contribution in [0.5, 0.6) is 0 Å². The Kier molecular flexibility index (Phi) is 12.3. The van der Waals surface area contributed by atoms with Crippen LogP contribution in [0.4, 0.5) is 10.5 Å². The van der Waals surface area contributed by atoms with E-state index in [2.05, 4.69) is 30.4 Å². The number of amides is 1. The summed E-state index contributed by atoms with van der Waals surface area (Å²) >= 11 is 1.29. The average molecular weight is 510 g/mol. The van der Waals surface area contributed by atoms with Gasteiger partial charge in [-0.15, -0.1) is 0 Å². The van der Waals surface area contributed by atoms with Crippen LogP contribution in [0, 0.1) is 12.8 Å². The molecule has 3 N–H and O–H groups in total. The zero-order chi connectivity index (χ0) is 26.5. The third kappa shape index (κ3) is 8.88. The number of aryl methyl sites for hydroxylation is 1. The van der Waals surface area contributed by atoms with Crippen molar-refractivity contribution in [2.45, 2.75) is 51.5 Å². The summed E-state index contributed by atoms with van der Waals surface area (Å²) in [5.74, 6) is 0.753. The third-order valence-corrected chi connectivity index (χ3v) is 6.58. The van der Waals surface area contributed by atoms with Crippen LogP contribution in [-0.2, 0) is 4.74 Å². The number of carbonyl (C=O) groups excluding carboxylic acids is 2. The number of hydrogen-bond acceptors (Lipinski definition) is 6. The molecule has 0 bridgehead atoms. The normalized spacial score (nSPS) is 13.2. The number of likely N-dealkylation sites (tertiary alicyclic amines) is 1. The Morgan fingerprint density at radius 3 is 2.19 bits per heavy atom. The van der Waals surface area contributed by atoms with Gasteiger partial charge in [-0.3, -0.25) is 9.93 Å². The van der Waals surface area contributed by atoms with E-state index in [4.69, 9.17) is 9.88 Å². The highest BCUT2D eigenvalue weighted by Gasteiger charge is 2.21. The van der Waals surface area contributed by atoms with E-state index in [-0.39, 0.29) is 12.2 Å². The molecule has 1 fully saturated rings. The Hall–Kier alpha value is -3.03. The maximum Gasteiger partial charge on any atom is 0.410 e. The molecule has 0 aliphatic carbocycles. The highest BCUT2D eigenvalue weighted by Crippen LogP contribution is 2.30. The second-order valence-electron chi connectivity index (χ2n) is 9.10. The van der Waals surface area contributed by atoms with Gasteiger partial charge in [0.05, 0.1) is 6.10 Å². The van der Waals surface area contributed by atoms with Crippen molar-refractivity contribution in [3.8, 4) is 0 Å². The van der Waals surface area contributed by atoms with Crippen molar-refractivity contribution in [1.29, 1.82) is 0 Å². The van der Waals surface area contributed by atoms with Crippen molar-refractivity contribution in [2.75, 3.05) is 25.5 Å². The number of fused-ring (bicyclic) bond motifs is 1. The van der Waals surface area contributed by atoms with E-state index in [0.29, 0.717) is 0 Å². The number of aldehydes is 1. The smallest absolute Gasteiger partial charge is 0.410 e. The number of hydrogen-bond donors (Lipinski definition) is 2. The molecule has 1 aliphatic heterocycles. The minimum atomic E-state index is -0.151. The number of nitrogens with two attached hydrogens (primary N) is 1. The Labute approximate surface area is 219 Å². The summed E-state index contributed by atoms with van der Waals surface area (Å²) in [5, 5.41) is 11.2. The molecule has 0 radical (unpaired) electrons. The summed E-state index contributed by atoms with van der Waals surface area (Å²) in [6.45, 7) is 9.61. The number of carbonyl (C=O) groups is 2. The molecule has 0 unspecified atom stereocenters. The molecule has 4 rings (SSSR count). The van der Waals surface area contributed by atoms with Gasteiger partial charge in [-0.25, -0.2) is 4.79 Å². The van der Waals surface area contributed by atoms with Gasteiger partial charge in [-0.05, 0) is 74.6 Å². The van der Waals surface area contributed by atoms with Crippen LogP contribution >= 0.6 is 11.9 Å². The molecule has 0 saturated carbocycles. The first kappa shape index (κ1) is 29.2. The van der Waals surface area contributed by atoms with Gasteiger partial charge in [0.2, 0.25) is 0 Å². The first-order valence-electron chi connectivity index (χ1n) is 12.3. The number of anilines is 1. The van der Waals surface area contributed by atoms with E-state index in [1.807, 2.05) is 70.3 Å². The number of piperidine rings is 1. The fourth-order valence-corrected chi connectivity index (χ4v) is 4.23. The molecule has 3 aromatic carbocycles. The van der Waals surface area contributed by atoms with Crippen molar-refractivity contribution in [3.63, 3.8) is 0 Å². The Bertz CT molecular complexity index is 1070. The van der Waals surface area contributed by atoms with Crippen LogP contribution in [0.2, 0.25) is 0 Å². The highest BCUT2D eigenvalue weighted by atomic mass is 32.2. The summed E-state index contributed by atoms with van der Waals surface area (Å²) in [4.78, 5) is 24.6. The van der Waals surface area contributed by atoms with Crippen molar-refractivity contribution < 1.29 is 14.3 Å². The van der Waals surface area contributed by atoms with Crippen molar-refractivity contribution in [3.05, 3.63) is 71.8 Å². The largest absolute Gasteiger partial charge is 0.447 e. The SMILES string of the molecule is CC1CCN(C(=O)OC(C)C)CC1.CNc1ccc(SN)c2ccccc12.Cc1ccccc1C=O. The van der Waals surface area contributed by atoms with Crippen LogP contribution in [0.25, 0.3) is 10.8 Å². The lowest BCUT2D eigenvalue weighted by molar-refractivity contribution is 0.0665. The van der Waals surface area contributed by atoms with Gasteiger partial charge in [0.25, 0.3) is 0 Å². The maximum atomic E-state index is 11.4. The number of rotatable bonds is 4. The summed E-state index contributed by atoms with van der Waals surface area (Å²) in [7, 11) is 1.93. The second-order valence-corrected chi connectivity index (χ2v) is 9.78. The van der Waals surface area contributed by atoms with Gasteiger partial charge in [-0.2, -0.15) is 0 Å². The van der Waals surface area contributed by atoms with Crippen molar-refractivity contribution >= 4 is 40.8 Å². The fourth-order valence-electron chi connectivity index (χ4n) is 3.78. The first-order valence-corrected chi connectivity index (χ1v) is 13.2. The van der Waals surface area contributed by atoms with Crippen molar-refractivity contribution in [1.82, 2.24) is 4.90 Å². The Morgan fingerprint density at radius 1 is 1.06 bits per heavy atom. The van der Waals surface area contributed by atoms with Gasteiger partial charge in [0.1, 0.15) is 6.29 Å². The minimum Gasteiger partial charge on any atom is -0.447 e. The molecule has 36 heavy (non-hydrogen) atoms. The average Bonchev–Trinajstić information content (AvgIpc) is 2.89. The van der Waals surface area contributed by atoms with Crippen LogP contribution in [0.3, 0.4) is 0 Å². The lowest BCUT2D eigenvalue weighted by Crippen LogP contribution is -2.39. The molecular weight excluding hydrogens is 470 g/mol. The van der Waals surface area contributed by atoms with E-state index in [1.54, 1.807) is 4.90 Å². The molecule has 0 atom stereocenters. The molecule has 7 heteroatoms. The lowest BCUT2D eigenvalue weighted by Gasteiger charge is -2.30. The summed E-state index contributed by atoms with van der Waals surface area (Å²) in [6.07, 6.45) is 2.92. The summed E-state index contributed by atoms with van der Waals surface area (Å²) in [6, 6.07) is 19.9. The van der Waals surface area contributed by atoms with E-state index in [9.17, 15) is 9.59 Å². The Balaban J connectivity index is 0.000000195. The highest BCUT2D eigenvalue weighted by molar-refractivity contribution is 7.97. The number of nitrogens with one attached hydrogen (secondary N) is 1. The molecule has 1 saturated heterocycles. The van der Waals surface area contributed by atoms with Crippen LogP contribution in [0.1, 0.15) is 49.5 Å². The Morgan fingerprint density at radius 2 is 1.67 bits per heavy atom. The molecule has 1 aliphatic rings. The number of nitrogens with zero attached hydrogens (tertiary/aromatic N) is 1. The zero-order valence-electron chi connectivity index (χ0n) is 22.0. The minimum absolute atomic E-state index is 0.00755. The fraction of sp³-hybridized carbons (Fsp3) is 0.379. The predicted molar refractivity (Wildman–Crippen MR) is 152 cm³/mol. The quantitative estimate of drug-likeness (QED) is 0.293. The van der Waals surface area contributed by atoms with Gasteiger partial charge < -0.3 is 15.0 Å². The van der Waals surface area contributed by atoms with E-state index >= 15 is 0 Å². The van der Waals surface area contributed by atoms with Gasteiger partial charge in [0, 0.05) is 41.7 Å². The summed E-state index contributed by atoms with van der Waals surface area (Å²) in [5.41, 5.74) is 2.95. The molecule has 0 spiro atoms. The van der Waals surface area contributed by atoms with Crippen LogP contribution in [-0.4, -0.2) is 43.5 Å². The molecule has 1 amide bonds. The molecule has 194 valence electrons. The maximum absolute atomic E-state index is 11.4. The van der Waals surface area contributed by atoms with Crippen molar-refractivity contribution in [2.24, 2.45) is 11.1 Å². The zero-order valence-corrected chi connectivity index (χ0v) is 22.8. The van der Waals surface area contributed by atoms with Crippen LogP contribution in [0.15, 0.2) is 65.6 Å². The standard InChI is InChI=1S/C11H12N2S.C10H19NO2.C8H8O/c1-13-10-6-7-11(14-12)9-5-3-2-4-8(9)10;1-8(2)13-10(12)11-6-4-9(3)5-7-11;1-7-4-2-3-5-8(7)6-9/h2-7,13H,12H2,1H3;8-9H,4-7H2,1-3H3;2-6H,1H3. The predicted octanol–water partition coefficient (Wildman–Crippen LogP) is 6.92. The van der Waals surface area contributed by atoms with Crippen LogP contribution < -0.4 is 10.5 Å². The molecule has 3 aromatic rings. The van der Waals surface area contributed by atoms with Gasteiger partial charge in [0.15, 0.2) is 0 Å². The third-order valence-electron chi connectivity index (χ3n) is 5.97. The molecule has 6 nitrogen and oxygen atoms in total. The molecule has 1 heterocycles. The second kappa shape index (κ2) is 15.2. The van der Waals surface area contributed by atoms with Gasteiger partial charge >= 0.3 is 6.09 Å². The topological polar surface area (TPSA) is 84.7 Å². The number of benzene rings is 3. The molecular formula is C29H39N3O3S. The number of ether oxygens (including phenoxy) is 1. The van der Waals surface area contributed by atoms with E-state index < -0.39 is 0 Å². The lowest BCUT2D eigenvalue weighted by atomic mass is 10.00. The summed E-state index contributed by atoms with van der Waals surface area (Å²) < 4.78 is 5.11. The molecule has 0 aromatic heterocycles. The van der Waals surface area contributed by atoms with Gasteiger partial charge in [-0.1, -0.05) is 55.5 Å². The van der Waals surface area contributed by atoms with E-state index in [1.165, 1.54) is 22.7 Å². The monoisotopic (exact) mass is 509 g/mol. The van der Waals surface area contributed by atoms with E-state index in [0.717, 1.165) is 59.8 Å². The first-order chi connectivity index (χ1) is 17.3.